The van der Waals surface area contributed by atoms with E-state index in [1.807, 2.05) is 16.8 Å². The highest BCUT2D eigenvalue weighted by atomic mass is 19.1. The molecule has 6 nitrogen and oxygen atoms in total. The summed E-state index contributed by atoms with van der Waals surface area (Å²) in [5, 5.41) is 14.0. The largest absolute Gasteiger partial charge is 0.507 e. The second kappa shape index (κ2) is 7.81. The van der Waals surface area contributed by atoms with Crippen molar-refractivity contribution in [1.82, 2.24) is 24.8 Å². The van der Waals surface area contributed by atoms with E-state index in [9.17, 15) is 5.11 Å². The molecule has 3 aromatic rings. The van der Waals surface area contributed by atoms with Crippen LogP contribution in [0.5, 0.6) is 5.75 Å². The Morgan fingerprint density at radius 2 is 2.12 bits per heavy atom. The summed E-state index contributed by atoms with van der Waals surface area (Å²) in [5.74, 6) is 0.349. The van der Waals surface area contributed by atoms with Crippen LogP contribution in [-0.4, -0.2) is 42.4 Å². The van der Waals surface area contributed by atoms with Crippen LogP contribution in [0.2, 0.25) is 0 Å². The van der Waals surface area contributed by atoms with Crippen LogP contribution in [-0.2, 0) is 0 Å². The molecule has 166 valence electrons. The molecule has 0 saturated carbocycles. The van der Waals surface area contributed by atoms with Crippen LogP contribution in [0, 0.1) is 11.8 Å². The fraction of sp³-hybridized carbons (Fsp3) is 0.400. The molecule has 2 fully saturated rings. The van der Waals surface area contributed by atoms with Gasteiger partial charge in [-0.3, -0.25) is 9.97 Å². The van der Waals surface area contributed by atoms with Gasteiger partial charge in [0.05, 0.1) is 35.8 Å². The van der Waals surface area contributed by atoms with E-state index < -0.39 is 6.17 Å². The van der Waals surface area contributed by atoms with Crippen molar-refractivity contribution < 1.29 is 9.50 Å². The zero-order valence-corrected chi connectivity index (χ0v) is 18.4. The minimum absolute atomic E-state index is 0.0747. The van der Waals surface area contributed by atoms with E-state index in [0.29, 0.717) is 34.9 Å². The number of fused-ring (bicyclic) bond motifs is 2. The molecule has 4 heterocycles. The molecular weight excluding hydrogens is 405 g/mol. The van der Waals surface area contributed by atoms with Gasteiger partial charge in [0.15, 0.2) is 0 Å². The molecule has 0 radical (unpaired) electrons. The molecular formula is C25H28FN5O. The molecule has 1 aromatic carbocycles. The third kappa shape index (κ3) is 3.71. The van der Waals surface area contributed by atoms with E-state index in [4.69, 9.17) is 0 Å². The highest BCUT2D eigenvalue weighted by Gasteiger charge is 2.48. The Labute approximate surface area is 187 Å². The van der Waals surface area contributed by atoms with E-state index in [0.717, 1.165) is 18.5 Å². The number of benzene rings is 1. The number of piperidine rings is 2. The molecule has 2 N–H and O–H groups in total. The summed E-state index contributed by atoms with van der Waals surface area (Å²) in [6.45, 7) is 8.60. The Balaban J connectivity index is 1.36. The quantitative estimate of drug-likeness (QED) is 0.631. The van der Waals surface area contributed by atoms with Gasteiger partial charge in [-0.15, -0.1) is 0 Å². The lowest BCUT2D eigenvalue weighted by molar-refractivity contribution is 0.0313. The Hall–Kier alpha value is -3.06. The number of rotatable bonds is 4. The number of halogens is 1. The highest BCUT2D eigenvalue weighted by molar-refractivity contribution is 5.69. The number of hydrogen-bond donors (Lipinski definition) is 2. The minimum Gasteiger partial charge on any atom is -0.507 e. The monoisotopic (exact) mass is 433 g/mol. The average molecular weight is 434 g/mol. The fourth-order valence-corrected chi connectivity index (χ4v) is 5.53. The standard InChI is InChI=1S/C25H28FN5O/c1-15-8-20-24(26)19(11-25(3,10-15)30-20)16(2)21-12-29-22(13-28-21)18-5-4-17(9-23(18)32)31-7-6-27-14-31/h4-7,9,12-15,19-20,24,30,32H,2,8,10-11H2,1,3H3/t15-,19+,20+,24+,25-/m0/s1. The first-order chi connectivity index (χ1) is 15.3. The Morgan fingerprint density at radius 1 is 1.28 bits per heavy atom. The van der Waals surface area contributed by atoms with Crippen molar-refractivity contribution in [2.24, 2.45) is 11.8 Å². The molecule has 32 heavy (non-hydrogen) atoms. The number of nitrogens with one attached hydrogen (secondary N) is 1. The van der Waals surface area contributed by atoms with E-state index in [1.165, 1.54) is 0 Å². The van der Waals surface area contributed by atoms with Gasteiger partial charge in [0.1, 0.15) is 11.9 Å². The molecule has 2 bridgehead atoms. The molecule has 0 spiro atoms. The fourth-order valence-electron chi connectivity index (χ4n) is 5.53. The van der Waals surface area contributed by atoms with E-state index in [1.54, 1.807) is 37.1 Å². The molecule has 7 heteroatoms. The number of phenolic OH excluding ortho intramolecular Hbond substituents is 1. The maximum absolute atomic E-state index is 15.3. The predicted molar refractivity (Wildman–Crippen MR) is 122 cm³/mol. The van der Waals surface area contributed by atoms with Crippen LogP contribution in [0.4, 0.5) is 4.39 Å². The number of hydrogen-bond acceptors (Lipinski definition) is 5. The summed E-state index contributed by atoms with van der Waals surface area (Å²) in [6, 6.07) is 5.21. The van der Waals surface area contributed by atoms with E-state index in [2.05, 4.69) is 40.7 Å². The molecule has 0 aliphatic carbocycles. The maximum atomic E-state index is 15.3. The first-order valence-electron chi connectivity index (χ1n) is 11.1. The van der Waals surface area contributed by atoms with Crippen molar-refractivity contribution in [1.29, 1.82) is 0 Å². The second-order valence-electron chi connectivity index (χ2n) is 9.60. The van der Waals surface area contributed by atoms with Crippen molar-refractivity contribution in [3.63, 3.8) is 0 Å². The number of aromatic nitrogens is 4. The molecule has 2 aromatic heterocycles. The number of nitrogens with zero attached hydrogens (tertiary/aromatic N) is 4. The number of aromatic hydroxyl groups is 1. The van der Waals surface area contributed by atoms with Gasteiger partial charge < -0.3 is 15.0 Å². The number of allylic oxidation sites excluding steroid dienone is 1. The van der Waals surface area contributed by atoms with Crippen molar-refractivity contribution in [2.45, 2.75) is 50.9 Å². The SMILES string of the molecule is C=C(c1cnc(-c2ccc(-n3ccnc3)cc2O)cn1)[C@H]1C[C@]2(C)C[C@@H](C)C[C@@H](N2)[C@@H]1F. The summed E-state index contributed by atoms with van der Waals surface area (Å²) < 4.78 is 17.2. The maximum Gasteiger partial charge on any atom is 0.127 e. The first-order valence-corrected chi connectivity index (χ1v) is 11.1. The molecule has 2 aliphatic heterocycles. The van der Waals surface area contributed by atoms with Crippen LogP contribution in [0.25, 0.3) is 22.5 Å². The summed E-state index contributed by atoms with van der Waals surface area (Å²) >= 11 is 0. The normalized spacial score (nSPS) is 29.6. The van der Waals surface area contributed by atoms with Gasteiger partial charge in [-0.25, -0.2) is 9.37 Å². The summed E-state index contributed by atoms with van der Waals surface area (Å²) in [5.41, 5.74) is 3.16. The van der Waals surface area contributed by atoms with Crippen LogP contribution in [0.15, 0.2) is 55.9 Å². The van der Waals surface area contributed by atoms with Crippen LogP contribution >= 0.6 is 0 Å². The Bertz CT molecular complexity index is 1130. The molecule has 5 rings (SSSR count). The minimum atomic E-state index is -0.987. The lowest BCUT2D eigenvalue weighted by atomic mass is 9.66. The van der Waals surface area contributed by atoms with E-state index in [-0.39, 0.29) is 23.2 Å². The van der Waals surface area contributed by atoms with Crippen molar-refractivity contribution in [2.75, 3.05) is 0 Å². The zero-order valence-electron chi connectivity index (χ0n) is 18.4. The average Bonchev–Trinajstić information content (AvgIpc) is 3.30. The van der Waals surface area contributed by atoms with Crippen molar-refractivity contribution >= 4 is 5.57 Å². The van der Waals surface area contributed by atoms with Gasteiger partial charge in [0.25, 0.3) is 0 Å². The molecule has 2 saturated heterocycles. The number of imidazole rings is 1. The smallest absolute Gasteiger partial charge is 0.127 e. The summed E-state index contributed by atoms with van der Waals surface area (Å²) in [7, 11) is 0. The predicted octanol–water partition coefficient (Wildman–Crippen LogP) is 4.55. The lowest BCUT2D eigenvalue weighted by Gasteiger charge is -2.51. The molecule has 2 aliphatic rings. The lowest BCUT2D eigenvalue weighted by Crippen LogP contribution is -2.63. The number of alkyl halides is 1. The Kier molecular flexibility index (Phi) is 5.08. The molecule has 0 unspecified atom stereocenters. The number of phenols is 1. The first kappa shape index (κ1) is 20.8. The van der Waals surface area contributed by atoms with Gasteiger partial charge >= 0.3 is 0 Å². The zero-order chi connectivity index (χ0) is 22.5. The van der Waals surface area contributed by atoms with Gasteiger partial charge in [-0.1, -0.05) is 13.5 Å². The second-order valence-corrected chi connectivity index (χ2v) is 9.60. The van der Waals surface area contributed by atoms with Gasteiger partial charge in [0.2, 0.25) is 0 Å². The van der Waals surface area contributed by atoms with Crippen molar-refractivity contribution in [3.8, 4) is 22.7 Å². The Morgan fingerprint density at radius 3 is 2.81 bits per heavy atom. The molecule has 5 atom stereocenters. The highest BCUT2D eigenvalue weighted by Crippen LogP contribution is 2.44. The summed E-state index contributed by atoms with van der Waals surface area (Å²) in [4.78, 5) is 13.1. The van der Waals surface area contributed by atoms with E-state index >= 15 is 4.39 Å². The van der Waals surface area contributed by atoms with Crippen LogP contribution in [0.3, 0.4) is 0 Å². The summed E-state index contributed by atoms with van der Waals surface area (Å²) in [6.07, 6.45) is 10.0. The van der Waals surface area contributed by atoms with Crippen LogP contribution < -0.4 is 5.32 Å². The molecule has 0 amide bonds. The van der Waals surface area contributed by atoms with Gasteiger partial charge in [-0.2, -0.15) is 0 Å². The van der Waals surface area contributed by atoms with Gasteiger partial charge in [0, 0.05) is 41.5 Å². The van der Waals surface area contributed by atoms with Gasteiger partial charge in [-0.05, 0) is 49.8 Å². The van der Waals surface area contributed by atoms with Crippen LogP contribution in [0.1, 0.15) is 38.8 Å². The topological polar surface area (TPSA) is 75.9 Å². The van der Waals surface area contributed by atoms with Crippen molar-refractivity contribution in [3.05, 3.63) is 61.6 Å². The third-order valence-corrected chi connectivity index (χ3v) is 6.92. The third-order valence-electron chi connectivity index (χ3n) is 6.92.